The average Bonchev–Trinajstić information content (AvgIpc) is 2.73. The number of aryl methyl sites for hydroxylation is 1. The monoisotopic (exact) mass is 290 g/mol. The van der Waals surface area contributed by atoms with E-state index in [4.69, 9.17) is 5.11 Å². The third-order valence-corrected chi connectivity index (χ3v) is 3.46. The van der Waals surface area contributed by atoms with Gasteiger partial charge < -0.3 is 15.7 Å². The number of anilines is 2. The molecule has 21 heavy (non-hydrogen) atoms. The molecule has 0 atom stereocenters. The number of nitrogens with one attached hydrogen (secondary N) is 2. The largest absolute Gasteiger partial charge is 0.395 e. The van der Waals surface area contributed by atoms with Gasteiger partial charge in [0.25, 0.3) is 0 Å². The first kappa shape index (κ1) is 15.2. The molecular weight excluding hydrogens is 268 g/mol. The molecule has 0 aliphatic carbocycles. The van der Waals surface area contributed by atoms with Crippen molar-refractivity contribution in [1.82, 2.24) is 19.7 Å². The van der Waals surface area contributed by atoms with Crippen LogP contribution in [-0.4, -0.2) is 44.6 Å². The number of aliphatic hydroxyl groups is 1. The Balaban J connectivity index is 1.89. The first-order valence-electron chi connectivity index (χ1n) is 7.03. The minimum Gasteiger partial charge on any atom is -0.395 e. The second-order valence-electron chi connectivity index (χ2n) is 4.88. The SMILES string of the molecule is Cc1nn(CCNc2cc(NCCO)ncn2)c(C)c1C. The topological polar surface area (TPSA) is 87.9 Å². The maximum Gasteiger partial charge on any atom is 0.131 e. The van der Waals surface area contributed by atoms with Gasteiger partial charge in [0.05, 0.1) is 18.8 Å². The zero-order chi connectivity index (χ0) is 15.2. The molecule has 0 unspecified atom stereocenters. The summed E-state index contributed by atoms with van der Waals surface area (Å²) in [4.78, 5) is 8.25. The van der Waals surface area contributed by atoms with E-state index in [1.807, 2.05) is 17.7 Å². The summed E-state index contributed by atoms with van der Waals surface area (Å²) in [5.41, 5.74) is 3.51. The van der Waals surface area contributed by atoms with E-state index in [1.165, 1.54) is 17.6 Å². The lowest BCUT2D eigenvalue weighted by Gasteiger charge is -2.09. The molecule has 0 spiro atoms. The molecular formula is C14H22N6O. The van der Waals surface area contributed by atoms with Crippen molar-refractivity contribution in [2.45, 2.75) is 27.3 Å². The molecule has 0 aliphatic rings. The highest BCUT2D eigenvalue weighted by Gasteiger charge is 2.06. The minimum absolute atomic E-state index is 0.0735. The molecule has 7 heteroatoms. The Morgan fingerprint density at radius 3 is 2.33 bits per heavy atom. The van der Waals surface area contributed by atoms with Crippen LogP contribution in [0.25, 0.3) is 0 Å². The van der Waals surface area contributed by atoms with E-state index in [-0.39, 0.29) is 6.61 Å². The van der Waals surface area contributed by atoms with Crippen LogP contribution in [-0.2, 0) is 6.54 Å². The highest BCUT2D eigenvalue weighted by molar-refractivity contribution is 5.46. The quantitative estimate of drug-likeness (QED) is 0.708. The Morgan fingerprint density at radius 2 is 1.76 bits per heavy atom. The van der Waals surface area contributed by atoms with Gasteiger partial charge in [-0.25, -0.2) is 9.97 Å². The van der Waals surface area contributed by atoms with Crippen molar-refractivity contribution in [3.8, 4) is 0 Å². The molecule has 0 aromatic carbocycles. The van der Waals surface area contributed by atoms with Gasteiger partial charge in [0.1, 0.15) is 18.0 Å². The fourth-order valence-corrected chi connectivity index (χ4v) is 2.03. The second-order valence-corrected chi connectivity index (χ2v) is 4.88. The fraction of sp³-hybridized carbons (Fsp3) is 0.500. The van der Waals surface area contributed by atoms with Gasteiger partial charge in [-0.3, -0.25) is 4.68 Å². The lowest BCUT2D eigenvalue weighted by molar-refractivity contribution is 0.311. The maximum absolute atomic E-state index is 8.78. The van der Waals surface area contributed by atoms with Crippen molar-refractivity contribution in [3.63, 3.8) is 0 Å². The van der Waals surface area contributed by atoms with Gasteiger partial charge in [-0.1, -0.05) is 0 Å². The molecule has 0 bridgehead atoms. The third-order valence-electron chi connectivity index (χ3n) is 3.46. The Kier molecular flexibility index (Phi) is 5.10. The van der Waals surface area contributed by atoms with Crippen molar-refractivity contribution < 1.29 is 5.11 Å². The molecule has 0 aliphatic heterocycles. The second kappa shape index (κ2) is 7.03. The van der Waals surface area contributed by atoms with E-state index in [2.05, 4.69) is 39.5 Å². The molecule has 114 valence electrons. The number of nitrogens with zero attached hydrogens (tertiary/aromatic N) is 4. The molecule has 0 saturated carbocycles. The summed E-state index contributed by atoms with van der Waals surface area (Å²) in [5, 5.41) is 19.5. The van der Waals surface area contributed by atoms with Gasteiger partial charge in [0.2, 0.25) is 0 Å². The smallest absolute Gasteiger partial charge is 0.131 e. The Bertz CT molecular complexity index is 595. The van der Waals surface area contributed by atoms with Crippen LogP contribution in [0, 0.1) is 20.8 Å². The zero-order valence-electron chi connectivity index (χ0n) is 12.7. The van der Waals surface area contributed by atoms with Crippen molar-refractivity contribution in [2.24, 2.45) is 0 Å². The lowest BCUT2D eigenvalue weighted by atomic mass is 10.2. The molecule has 3 N–H and O–H groups in total. The lowest BCUT2D eigenvalue weighted by Crippen LogP contribution is -2.14. The van der Waals surface area contributed by atoms with Gasteiger partial charge >= 0.3 is 0 Å². The third kappa shape index (κ3) is 3.91. The molecule has 0 saturated heterocycles. The normalized spacial score (nSPS) is 10.7. The number of aromatic nitrogens is 4. The molecule has 7 nitrogen and oxygen atoms in total. The number of aliphatic hydroxyl groups excluding tert-OH is 1. The molecule has 2 aromatic rings. The molecule has 0 radical (unpaired) electrons. The molecule has 0 amide bonds. The van der Waals surface area contributed by atoms with Crippen molar-refractivity contribution in [2.75, 3.05) is 30.3 Å². The summed E-state index contributed by atoms with van der Waals surface area (Å²) in [6.07, 6.45) is 1.50. The van der Waals surface area contributed by atoms with Gasteiger partial charge in [0, 0.05) is 24.8 Å². The van der Waals surface area contributed by atoms with Crippen molar-refractivity contribution >= 4 is 11.6 Å². The van der Waals surface area contributed by atoms with Gasteiger partial charge in [0.15, 0.2) is 0 Å². The summed E-state index contributed by atoms with van der Waals surface area (Å²) in [5.74, 6) is 1.45. The summed E-state index contributed by atoms with van der Waals surface area (Å²) in [6.45, 7) is 8.26. The van der Waals surface area contributed by atoms with Gasteiger partial charge in [-0.05, 0) is 26.3 Å². The Hall–Kier alpha value is -2.15. The van der Waals surface area contributed by atoms with E-state index < -0.39 is 0 Å². The van der Waals surface area contributed by atoms with E-state index in [0.717, 1.165) is 24.6 Å². The van der Waals surface area contributed by atoms with Crippen LogP contribution in [0.15, 0.2) is 12.4 Å². The van der Waals surface area contributed by atoms with Crippen LogP contribution in [0.4, 0.5) is 11.6 Å². The first-order valence-corrected chi connectivity index (χ1v) is 7.03. The summed E-state index contributed by atoms with van der Waals surface area (Å²) >= 11 is 0. The van der Waals surface area contributed by atoms with E-state index in [1.54, 1.807) is 0 Å². The summed E-state index contributed by atoms with van der Waals surface area (Å²) in [7, 11) is 0. The van der Waals surface area contributed by atoms with E-state index in [9.17, 15) is 0 Å². The Labute approximate surface area is 124 Å². The zero-order valence-corrected chi connectivity index (χ0v) is 12.7. The molecule has 2 heterocycles. The van der Waals surface area contributed by atoms with Crippen LogP contribution in [0.5, 0.6) is 0 Å². The molecule has 2 aromatic heterocycles. The van der Waals surface area contributed by atoms with Gasteiger partial charge in [-0.15, -0.1) is 0 Å². The number of rotatable bonds is 7. The molecule has 2 rings (SSSR count). The number of hydrogen-bond acceptors (Lipinski definition) is 6. The van der Waals surface area contributed by atoms with E-state index in [0.29, 0.717) is 12.4 Å². The van der Waals surface area contributed by atoms with Crippen molar-refractivity contribution in [3.05, 3.63) is 29.3 Å². The van der Waals surface area contributed by atoms with Crippen LogP contribution < -0.4 is 10.6 Å². The van der Waals surface area contributed by atoms with Crippen molar-refractivity contribution in [1.29, 1.82) is 0 Å². The Morgan fingerprint density at radius 1 is 1.10 bits per heavy atom. The van der Waals surface area contributed by atoms with Crippen LogP contribution in [0.1, 0.15) is 17.0 Å². The maximum atomic E-state index is 8.78. The van der Waals surface area contributed by atoms with Crippen LogP contribution in [0.3, 0.4) is 0 Å². The highest BCUT2D eigenvalue weighted by Crippen LogP contribution is 2.11. The summed E-state index contributed by atoms with van der Waals surface area (Å²) in [6, 6.07) is 1.82. The van der Waals surface area contributed by atoms with Crippen LogP contribution >= 0.6 is 0 Å². The standard InChI is InChI=1S/C14H22N6O/c1-10-11(2)19-20(12(10)3)6-4-15-13-8-14(16-5-7-21)18-9-17-13/h8-9,21H,4-7H2,1-3H3,(H2,15,16,17,18). The predicted octanol–water partition coefficient (Wildman–Crippen LogP) is 1.11. The van der Waals surface area contributed by atoms with Crippen LogP contribution in [0.2, 0.25) is 0 Å². The highest BCUT2D eigenvalue weighted by atomic mass is 16.3. The molecule has 0 fully saturated rings. The predicted molar refractivity (Wildman–Crippen MR) is 82.5 cm³/mol. The average molecular weight is 290 g/mol. The minimum atomic E-state index is 0.0735. The van der Waals surface area contributed by atoms with Gasteiger partial charge in [-0.2, -0.15) is 5.10 Å². The number of hydrogen-bond donors (Lipinski definition) is 3. The van der Waals surface area contributed by atoms with E-state index >= 15 is 0 Å². The first-order chi connectivity index (χ1) is 10.1. The summed E-state index contributed by atoms with van der Waals surface area (Å²) < 4.78 is 2.00. The fourth-order valence-electron chi connectivity index (χ4n) is 2.03.